The van der Waals surface area contributed by atoms with Crippen molar-refractivity contribution in [1.82, 2.24) is 15.5 Å². The predicted molar refractivity (Wildman–Crippen MR) is 73.1 cm³/mol. The molecule has 7 heteroatoms. The third kappa shape index (κ3) is 6.07. The van der Waals surface area contributed by atoms with Crippen molar-refractivity contribution >= 4 is 17.7 Å². The number of nitrogens with one attached hydrogen (secondary N) is 1. The largest absolute Gasteiger partial charge is 0.465 e. The summed E-state index contributed by atoms with van der Waals surface area (Å²) < 4.78 is 10.3. The molecular formula is C12H21N3O3S. The summed E-state index contributed by atoms with van der Waals surface area (Å²) in [5, 5.41) is 11.4. The summed E-state index contributed by atoms with van der Waals surface area (Å²) in [5.41, 5.74) is 0. The van der Waals surface area contributed by atoms with Crippen molar-refractivity contribution in [2.24, 2.45) is 0 Å². The second-order valence-corrected chi connectivity index (χ2v) is 5.40. The number of aromatic nitrogens is 2. The van der Waals surface area contributed by atoms with Gasteiger partial charge < -0.3 is 14.5 Å². The molecule has 0 aromatic carbocycles. The molecule has 0 aliphatic heterocycles. The summed E-state index contributed by atoms with van der Waals surface area (Å²) in [5.74, 6) is 1.05. The zero-order valence-electron chi connectivity index (χ0n) is 11.8. The topological polar surface area (TPSA) is 77.2 Å². The molecule has 108 valence electrons. The van der Waals surface area contributed by atoms with Crippen molar-refractivity contribution in [1.29, 1.82) is 0 Å². The Hall–Kier alpha value is -1.08. The van der Waals surface area contributed by atoms with Crippen LogP contribution < -0.4 is 5.32 Å². The molecule has 1 N–H and O–H groups in total. The first-order valence-electron chi connectivity index (χ1n) is 6.38. The lowest BCUT2D eigenvalue weighted by molar-refractivity contribution is -0.145. The van der Waals surface area contributed by atoms with E-state index >= 15 is 0 Å². The molecule has 19 heavy (non-hydrogen) atoms. The summed E-state index contributed by atoms with van der Waals surface area (Å²) in [7, 11) is 0. The molecule has 1 atom stereocenters. The number of hydrogen-bond acceptors (Lipinski definition) is 7. The van der Waals surface area contributed by atoms with E-state index in [1.54, 1.807) is 13.8 Å². The first kappa shape index (κ1) is 16.0. The number of ether oxygens (including phenoxy) is 1. The summed E-state index contributed by atoms with van der Waals surface area (Å²) in [4.78, 5) is 11.8. The number of nitrogens with zero attached hydrogens (tertiary/aromatic N) is 2. The highest BCUT2D eigenvalue weighted by Crippen LogP contribution is 2.17. The van der Waals surface area contributed by atoms with E-state index in [1.165, 1.54) is 11.8 Å². The van der Waals surface area contributed by atoms with Crippen LogP contribution in [0.2, 0.25) is 0 Å². The highest BCUT2D eigenvalue weighted by atomic mass is 32.2. The van der Waals surface area contributed by atoms with E-state index in [2.05, 4.69) is 15.5 Å². The van der Waals surface area contributed by atoms with Crippen molar-refractivity contribution in [2.45, 2.75) is 51.4 Å². The van der Waals surface area contributed by atoms with Gasteiger partial charge >= 0.3 is 5.97 Å². The maximum absolute atomic E-state index is 11.8. The molecule has 0 fully saturated rings. The maximum Gasteiger partial charge on any atom is 0.323 e. The Morgan fingerprint density at radius 1 is 1.47 bits per heavy atom. The van der Waals surface area contributed by atoms with Gasteiger partial charge in [0.25, 0.3) is 5.22 Å². The predicted octanol–water partition coefficient (Wildman–Crippen LogP) is 1.79. The molecule has 0 bridgehead atoms. The highest BCUT2D eigenvalue weighted by molar-refractivity contribution is 7.99. The molecule has 1 heterocycles. The fourth-order valence-electron chi connectivity index (χ4n) is 1.52. The van der Waals surface area contributed by atoms with E-state index in [4.69, 9.17) is 9.15 Å². The van der Waals surface area contributed by atoms with Gasteiger partial charge in [-0.1, -0.05) is 25.6 Å². The minimum absolute atomic E-state index is 0.210. The lowest BCUT2D eigenvalue weighted by Crippen LogP contribution is -2.42. The Balaban J connectivity index is 2.41. The third-order valence-corrected chi connectivity index (χ3v) is 3.10. The zero-order chi connectivity index (χ0) is 14.3. The van der Waals surface area contributed by atoms with Gasteiger partial charge in [-0.15, -0.1) is 10.2 Å². The molecule has 0 spiro atoms. The van der Waals surface area contributed by atoms with Crippen molar-refractivity contribution in [2.75, 3.05) is 12.4 Å². The van der Waals surface area contributed by atoms with Crippen LogP contribution in [-0.2, 0) is 9.53 Å². The molecule has 1 aromatic heterocycles. The molecule has 0 aliphatic carbocycles. The molecule has 0 saturated carbocycles. The van der Waals surface area contributed by atoms with Gasteiger partial charge in [-0.25, -0.2) is 0 Å². The van der Waals surface area contributed by atoms with Crippen molar-refractivity contribution < 1.29 is 13.9 Å². The number of thioether (sulfide) groups is 1. The van der Waals surface area contributed by atoms with Gasteiger partial charge in [0.05, 0.1) is 6.61 Å². The standard InChI is InChI=1S/C12H21N3O3S/c1-5-17-11(16)10(13-8(2)3)6-7-19-12-15-14-9(4)18-12/h8,10,13H,5-7H2,1-4H3. The second-order valence-electron chi connectivity index (χ2n) is 4.35. The minimum atomic E-state index is -0.295. The van der Waals surface area contributed by atoms with Crippen LogP contribution in [0.3, 0.4) is 0 Å². The number of aryl methyl sites for hydroxylation is 1. The van der Waals surface area contributed by atoms with Gasteiger partial charge in [-0.05, 0) is 13.3 Å². The summed E-state index contributed by atoms with van der Waals surface area (Å²) in [6.07, 6.45) is 0.656. The lowest BCUT2D eigenvalue weighted by atomic mass is 10.2. The third-order valence-electron chi connectivity index (χ3n) is 2.25. The quantitative estimate of drug-likeness (QED) is 0.577. The molecule has 6 nitrogen and oxygen atoms in total. The van der Waals surface area contributed by atoms with Gasteiger partial charge in [0, 0.05) is 18.7 Å². The fourth-order valence-corrected chi connectivity index (χ4v) is 2.32. The number of carbonyl (C=O) groups excluding carboxylic acids is 1. The average molecular weight is 287 g/mol. The van der Waals surface area contributed by atoms with Crippen LogP contribution >= 0.6 is 11.8 Å². The Morgan fingerprint density at radius 3 is 2.74 bits per heavy atom. The van der Waals surface area contributed by atoms with Gasteiger partial charge in [0.2, 0.25) is 5.89 Å². The van der Waals surface area contributed by atoms with E-state index in [1.807, 2.05) is 13.8 Å². The molecule has 1 rings (SSSR count). The number of rotatable bonds is 8. The first-order valence-corrected chi connectivity index (χ1v) is 7.37. The van der Waals surface area contributed by atoms with Crippen LogP contribution in [0, 0.1) is 6.92 Å². The Morgan fingerprint density at radius 2 is 2.21 bits per heavy atom. The normalized spacial score (nSPS) is 12.7. The lowest BCUT2D eigenvalue weighted by Gasteiger charge is -2.19. The van der Waals surface area contributed by atoms with Crippen LogP contribution in [0.5, 0.6) is 0 Å². The average Bonchev–Trinajstić information content (AvgIpc) is 2.73. The number of hydrogen-bond donors (Lipinski definition) is 1. The summed E-state index contributed by atoms with van der Waals surface area (Å²) >= 11 is 1.44. The first-order chi connectivity index (χ1) is 9.02. The molecule has 0 amide bonds. The Kier molecular flexibility index (Phi) is 6.86. The van der Waals surface area contributed by atoms with E-state index < -0.39 is 0 Å². The van der Waals surface area contributed by atoms with Crippen LogP contribution in [0.25, 0.3) is 0 Å². The van der Waals surface area contributed by atoms with E-state index in [0.29, 0.717) is 29.9 Å². The molecule has 0 radical (unpaired) electrons. The highest BCUT2D eigenvalue weighted by Gasteiger charge is 2.20. The molecule has 0 aliphatic rings. The van der Waals surface area contributed by atoms with Gasteiger partial charge in [-0.3, -0.25) is 4.79 Å². The van der Waals surface area contributed by atoms with Crippen LogP contribution in [0.4, 0.5) is 0 Å². The Bertz CT molecular complexity index is 395. The number of esters is 1. The minimum Gasteiger partial charge on any atom is -0.465 e. The van der Waals surface area contributed by atoms with Gasteiger partial charge in [0.1, 0.15) is 6.04 Å². The maximum atomic E-state index is 11.8. The molecule has 1 aromatic rings. The van der Waals surface area contributed by atoms with Gasteiger partial charge in [0.15, 0.2) is 0 Å². The SMILES string of the molecule is CCOC(=O)C(CCSc1nnc(C)o1)NC(C)C. The zero-order valence-corrected chi connectivity index (χ0v) is 12.6. The number of carbonyl (C=O) groups is 1. The van der Waals surface area contributed by atoms with E-state index in [-0.39, 0.29) is 18.1 Å². The van der Waals surface area contributed by atoms with Crippen LogP contribution in [-0.4, -0.2) is 40.6 Å². The van der Waals surface area contributed by atoms with Crippen molar-refractivity contribution in [3.8, 4) is 0 Å². The van der Waals surface area contributed by atoms with E-state index in [9.17, 15) is 4.79 Å². The summed E-state index contributed by atoms with van der Waals surface area (Å²) in [6, 6.07) is -0.0680. The second kappa shape index (κ2) is 8.16. The van der Waals surface area contributed by atoms with E-state index in [0.717, 1.165) is 0 Å². The monoisotopic (exact) mass is 287 g/mol. The molecule has 0 saturated heterocycles. The molecule has 1 unspecified atom stereocenters. The van der Waals surface area contributed by atoms with Crippen molar-refractivity contribution in [3.05, 3.63) is 5.89 Å². The van der Waals surface area contributed by atoms with Gasteiger partial charge in [-0.2, -0.15) is 0 Å². The van der Waals surface area contributed by atoms with Crippen LogP contribution in [0.15, 0.2) is 9.64 Å². The summed E-state index contributed by atoms with van der Waals surface area (Å²) in [6.45, 7) is 7.95. The smallest absolute Gasteiger partial charge is 0.323 e. The van der Waals surface area contributed by atoms with Crippen molar-refractivity contribution in [3.63, 3.8) is 0 Å². The Labute approximate surface area is 117 Å². The van der Waals surface area contributed by atoms with Crippen LogP contribution in [0.1, 0.15) is 33.1 Å². The fraction of sp³-hybridized carbons (Fsp3) is 0.750. The molecular weight excluding hydrogens is 266 g/mol.